The highest BCUT2D eigenvalue weighted by molar-refractivity contribution is 7.20. The van der Waals surface area contributed by atoms with Gasteiger partial charge in [-0.25, -0.2) is 4.98 Å². The van der Waals surface area contributed by atoms with Gasteiger partial charge in [0.05, 0.1) is 18.1 Å². The van der Waals surface area contributed by atoms with Crippen molar-refractivity contribution in [1.29, 1.82) is 0 Å². The van der Waals surface area contributed by atoms with Crippen molar-refractivity contribution < 1.29 is 9.53 Å². The number of amides is 1. The van der Waals surface area contributed by atoms with E-state index in [1.54, 1.807) is 0 Å². The van der Waals surface area contributed by atoms with Gasteiger partial charge in [0.25, 0.3) is 5.91 Å². The SMILES string of the molecule is C.Cc1cc(C)c2c(C)c(C(=O)NCCN3CCOCC3)sc2n1. The molecule has 0 aliphatic carbocycles. The molecule has 1 saturated heterocycles. The van der Waals surface area contributed by atoms with Crippen molar-refractivity contribution in [3.8, 4) is 0 Å². The molecule has 1 aliphatic heterocycles. The lowest BCUT2D eigenvalue weighted by Gasteiger charge is -2.26. The van der Waals surface area contributed by atoms with Crippen molar-refractivity contribution in [3.63, 3.8) is 0 Å². The van der Waals surface area contributed by atoms with Gasteiger partial charge in [-0.2, -0.15) is 0 Å². The Kier molecular flexibility index (Phi) is 6.32. The Balaban J connectivity index is 0.00000208. The largest absolute Gasteiger partial charge is 0.379 e. The third-order valence-electron chi connectivity index (χ3n) is 4.25. The second kappa shape index (κ2) is 8.05. The summed E-state index contributed by atoms with van der Waals surface area (Å²) in [7, 11) is 0. The first-order chi connectivity index (χ1) is 11.1. The Morgan fingerprint density at radius 3 is 2.75 bits per heavy atom. The number of aromatic nitrogens is 1. The molecule has 1 aliphatic rings. The number of carbonyl (C=O) groups is 1. The molecule has 3 rings (SSSR count). The van der Waals surface area contributed by atoms with Gasteiger partial charge in [0.1, 0.15) is 4.83 Å². The highest BCUT2D eigenvalue weighted by atomic mass is 32.1. The molecule has 6 heteroatoms. The molecule has 2 aromatic heterocycles. The number of morpholine rings is 1. The molecule has 0 bridgehead atoms. The van der Waals surface area contributed by atoms with Gasteiger partial charge in [-0.1, -0.05) is 7.43 Å². The zero-order valence-electron chi connectivity index (χ0n) is 13.9. The van der Waals surface area contributed by atoms with E-state index in [0.717, 1.165) is 59.2 Å². The minimum Gasteiger partial charge on any atom is -0.379 e. The summed E-state index contributed by atoms with van der Waals surface area (Å²) in [6.07, 6.45) is 0. The summed E-state index contributed by atoms with van der Waals surface area (Å²) in [5.74, 6) is 0.0100. The summed E-state index contributed by atoms with van der Waals surface area (Å²) in [4.78, 5) is 21.1. The fraction of sp³-hybridized carbons (Fsp3) is 0.556. The molecule has 1 N–H and O–H groups in total. The Morgan fingerprint density at radius 2 is 2.04 bits per heavy atom. The predicted octanol–water partition coefficient (Wildman–Crippen LogP) is 2.92. The van der Waals surface area contributed by atoms with Crippen LogP contribution in [-0.2, 0) is 4.74 Å². The van der Waals surface area contributed by atoms with Crippen LogP contribution in [0.1, 0.15) is 33.9 Å². The van der Waals surface area contributed by atoms with Crippen LogP contribution in [0.5, 0.6) is 0 Å². The van der Waals surface area contributed by atoms with Gasteiger partial charge in [-0.15, -0.1) is 11.3 Å². The molecule has 5 nitrogen and oxygen atoms in total. The van der Waals surface area contributed by atoms with Crippen LogP contribution in [-0.4, -0.2) is 55.2 Å². The highest BCUT2D eigenvalue weighted by Crippen LogP contribution is 2.32. The van der Waals surface area contributed by atoms with E-state index < -0.39 is 0 Å². The average molecular weight is 350 g/mol. The van der Waals surface area contributed by atoms with Crippen molar-refractivity contribution >= 4 is 27.5 Å². The number of thiophene rings is 1. The summed E-state index contributed by atoms with van der Waals surface area (Å²) in [6, 6.07) is 2.07. The van der Waals surface area contributed by atoms with Crippen LogP contribution in [0, 0.1) is 20.8 Å². The molecule has 0 spiro atoms. The number of pyridine rings is 1. The predicted molar refractivity (Wildman–Crippen MR) is 100 cm³/mol. The summed E-state index contributed by atoms with van der Waals surface area (Å²) < 4.78 is 5.33. The number of ether oxygens (including phenoxy) is 1. The van der Waals surface area contributed by atoms with Gasteiger partial charge in [0, 0.05) is 37.3 Å². The summed E-state index contributed by atoms with van der Waals surface area (Å²) in [6.45, 7) is 11.1. The van der Waals surface area contributed by atoms with E-state index in [-0.39, 0.29) is 13.3 Å². The number of nitrogens with one attached hydrogen (secondary N) is 1. The number of aryl methyl sites for hydroxylation is 3. The van der Waals surface area contributed by atoms with Crippen LogP contribution in [0.3, 0.4) is 0 Å². The minimum atomic E-state index is 0. The molecule has 2 aromatic rings. The Bertz CT molecular complexity index is 721. The lowest BCUT2D eigenvalue weighted by Crippen LogP contribution is -2.41. The zero-order valence-corrected chi connectivity index (χ0v) is 14.8. The number of carbonyl (C=O) groups excluding carboxylic acids is 1. The molecular formula is C18H27N3O2S. The van der Waals surface area contributed by atoms with Crippen LogP contribution in [0.4, 0.5) is 0 Å². The maximum absolute atomic E-state index is 12.5. The van der Waals surface area contributed by atoms with Gasteiger partial charge in [-0.05, 0) is 38.0 Å². The van der Waals surface area contributed by atoms with Crippen molar-refractivity contribution in [2.75, 3.05) is 39.4 Å². The number of rotatable bonds is 4. The molecule has 3 heterocycles. The molecule has 132 valence electrons. The Hall–Kier alpha value is -1.50. The van der Waals surface area contributed by atoms with E-state index in [0.29, 0.717) is 6.54 Å². The van der Waals surface area contributed by atoms with Crippen molar-refractivity contribution in [3.05, 3.63) is 27.8 Å². The summed E-state index contributed by atoms with van der Waals surface area (Å²) in [5, 5.41) is 4.17. The molecule has 1 amide bonds. The first kappa shape index (κ1) is 18.8. The first-order valence-corrected chi connectivity index (χ1v) is 8.83. The van der Waals surface area contributed by atoms with Crippen LogP contribution >= 0.6 is 11.3 Å². The number of nitrogens with zero attached hydrogens (tertiary/aromatic N) is 2. The number of fused-ring (bicyclic) bond motifs is 1. The maximum Gasteiger partial charge on any atom is 0.261 e. The second-order valence-electron chi connectivity index (χ2n) is 6.03. The quantitative estimate of drug-likeness (QED) is 0.922. The van der Waals surface area contributed by atoms with E-state index in [2.05, 4.69) is 28.2 Å². The van der Waals surface area contributed by atoms with E-state index >= 15 is 0 Å². The standard InChI is InChI=1S/C17H23N3O2S.CH4/c1-11-10-12(2)19-17-14(11)13(3)15(23-17)16(21)18-4-5-20-6-8-22-9-7-20;/h10H,4-9H2,1-3H3,(H,18,21);1H4. The van der Waals surface area contributed by atoms with Crippen molar-refractivity contribution in [1.82, 2.24) is 15.2 Å². The van der Waals surface area contributed by atoms with Crippen molar-refractivity contribution in [2.24, 2.45) is 0 Å². The van der Waals surface area contributed by atoms with Crippen LogP contribution in [0.2, 0.25) is 0 Å². The highest BCUT2D eigenvalue weighted by Gasteiger charge is 2.18. The average Bonchev–Trinajstić information content (AvgIpc) is 2.85. The molecule has 1 fully saturated rings. The molecule has 0 radical (unpaired) electrons. The van der Waals surface area contributed by atoms with E-state index in [1.807, 2.05) is 13.8 Å². The molecule has 0 aromatic carbocycles. The number of hydrogen-bond donors (Lipinski definition) is 1. The molecule has 0 saturated carbocycles. The number of hydrogen-bond acceptors (Lipinski definition) is 5. The van der Waals surface area contributed by atoms with E-state index in [4.69, 9.17) is 4.74 Å². The van der Waals surface area contributed by atoms with Gasteiger partial charge in [0.15, 0.2) is 0 Å². The van der Waals surface area contributed by atoms with Gasteiger partial charge in [0.2, 0.25) is 0 Å². The molecular weight excluding hydrogens is 322 g/mol. The molecule has 24 heavy (non-hydrogen) atoms. The normalized spacial score (nSPS) is 15.3. The molecule has 0 atom stereocenters. The lowest BCUT2D eigenvalue weighted by molar-refractivity contribution is 0.0383. The Labute approximate surface area is 148 Å². The summed E-state index contributed by atoms with van der Waals surface area (Å²) >= 11 is 1.49. The van der Waals surface area contributed by atoms with Crippen LogP contribution in [0.15, 0.2) is 6.07 Å². The lowest BCUT2D eigenvalue weighted by atomic mass is 10.1. The van der Waals surface area contributed by atoms with Crippen molar-refractivity contribution in [2.45, 2.75) is 28.2 Å². The first-order valence-electron chi connectivity index (χ1n) is 8.02. The van der Waals surface area contributed by atoms with E-state index in [1.165, 1.54) is 16.9 Å². The monoisotopic (exact) mass is 349 g/mol. The van der Waals surface area contributed by atoms with E-state index in [9.17, 15) is 4.79 Å². The topological polar surface area (TPSA) is 54.5 Å². The van der Waals surface area contributed by atoms with Crippen LogP contribution < -0.4 is 5.32 Å². The fourth-order valence-electron chi connectivity index (χ4n) is 3.07. The molecule has 0 unspecified atom stereocenters. The smallest absolute Gasteiger partial charge is 0.261 e. The van der Waals surface area contributed by atoms with Crippen LogP contribution in [0.25, 0.3) is 10.2 Å². The fourth-order valence-corrected chi connectivity index (χ4v) is 4.29. The minimum absolute atomic E-state index is 0. The van der Waals surface area contributed by atoms with Gasteiger partial charge >= 0.3 is 0 Å². The van der Waals surface area contributed by atoms with Gasteiger partial charge in [-0.3, -0.25) is 9.69 Å². The maximum atomic E-state index is 12.5. The summed E-state index contributed by atoms with van der Waals surface area (Å²) in [5.41, 5.74) is 3.23. The Morgan fingerprint density at radius 1 is 1.33 bits per heavy atom. The zero-order chi connectivity index (χ0) is 16.4. The second-order valence-corrected chi connectivity index (χ2v) is 7.03. The van der Waals surface area contributed by atoms with Gasteiger partial charge < -0.3 is 10.1 Å². The third-order valence-corrected chi connectivity index (χ3v) is 5.43. The third kappa shape index (κ3) is 3.94.